The molecule has 0 spiro atoms. The Balaban J connectivity index is 3.91. The van der Waals surface area contributed by atoms with Crippen LogP contribution in [-0.2, 0) is 4.79 Å². The fourth-order valence-corrected chi connectivity index (χ4v) is 0.196. The minimum absolute atomic E-state index is 0.454. The van der Waals surface area contributed by atoms with Gasteiger partial charge in [0.05, 0.1) is 0 Å². The number of hydrogen-bond donors (Lipinski definition) is 4. The van der Waals surface area contributed by atoms with Gasteiger partial charge in [0.15, 0.2) is 5.96 Å². The summed E-state index contributed by atoms with van der Waals surface area (Å²) in [5, 5.41) is 16.3. The van der Waals surface area contributed by atoms with Crippen molar-refractivity contribution < 1.29 is 15.0 Å². The van der Waals surface area contributed by atoms with Crippen LogP contribution in [0.4, 0.5) is 0 Å². The van der Waals surface area contributed by atoms with E-state index < -0.39 is 18.2 Å². The largest absolute Gasteiger partial charge is 0.478 e. The first kappa shape index (κ1) is 7.70. The number of carboxylic acid groups (broad SMARTS) is 1. The van der Waals surface area contributed by atoms with E-state index in [0.717, 1.165) is 0 Å². The van der Waals surface area contributed by atoms with Crippen molar-refractivity contribution in [2.45, 2.75) is 6.23 Å². The molecule has 0 aliphatic rings. The van der Waals surface area contributed by atoms with Crippen LogP contribution in [0.2, 0.25) is 0 Å². The lowest BCUT2D eigenvalue weighted by atomic mass is 10.6. The van der Waals surface area contributed by atoms with Gasteiger partial charge in [-0.2, -0.15) is 0 Å². The number of carboxylic acids is 1. The van der Waals surface area contributed by atoms with Crippen molar-refractivity contribution >= 4 is 11.9 Å². The Hall–Kier alpha value is -1.30. The van der Waals surface area contributed by atoms with Gasteiger partial charge in [-0.05, 0) is 0 Å². The molecule has 1 unspecified atom stereocenters. The second kappa shape index (κ2) is 2.88. The van der Waals surface area contributed by atoms with Crippen LogP contribution in [0.25, 0.3) is 0 Å². The van der Waals surface area contributed by atoms with Crippen molar-refractivity contribution in [3.63, 3.8) is 0 Å². The van der Waals surface area contributed by atoms with Crippen LogP contribution >= 0.6 is 0 Å². The lowest BCUT2D eigenvalue weighted by molar-refractivity contribution is -0.146. The highest BCUT2D eigenvalue weighted by molar-refractivity contribution is 5.80. The minimum Gasteiger partial charge on any atom is -0.478 e. The summed E-state index contributed by atoms with van der Waals surface area (Å²) in [5.41, 5.74) is 9.47. The molecule has 0 rings (SSSR count). The minimum atomic E-state index is -1.85. The van der Waals surface area contributed by atoms with E-state index in [2.05, 4.69) is 4.99 Å². The average molecular weight is 133 g/mol. The Kier molecular flexibility index (Phi) is 2.46. The maximum atomic E-state index is 9.77. The topological polar surface area (TPSA) is 122 Å². The summed E-state index contributed by atoms with van der Waals surface area (Å²) in [6.45, 7) is 0. The van der Waals surface area contributed by atoms with Crippen molar-refractivity contribution in [2.75, 3.05) is 0 Å². The van der Waals surface area contributed by atoms with Gasteiger partial charge in [0.2, 0.25) is 6.23 Å². The highest BCUT2D eigenvalue weighted by Crippen LogP contribution is 1.81. The number of aliphatic carboxylic acids is 1. The number of rotatable bonds is 2. The molecule has 0 saturated carbocycles. The summed E-state index contributed by atoms with van der Waals surface area (Å²) in [6, 6.07) is 0. The molecule has 0 aromatic rings. The Bertz CT molecular complexity index is 139. The summed E-state index contributed by atoms with van der Waals surface area (Å²) in [7, 11) is 0. The normalized spacial score (nSPS) is 12.1. The first-order valence-electron chi connectivity index (χ1n) is 2.03. The molecule has 1 atom stereocenters. The Morgan fingerprint density at radius 2 is 2.00 bits per heavy atom. The molecule has 0 aromatic carbocycles. The lowest BCUT2D eigenvalue weighted by Crippen LogP contribution is -2.28. The van der Waals surface area contributed by atoms with Crippen molar-refractivity contribution in [2.24, 2.45) is 16.5 Å². The van der Waals surface area contributed by atoms with Crippen LogP contribution in [0.5, 0.6) is 0 Å². The van der Waals surface area contributed by atoms with Crippen molar-refractivity contribution in [1.29, 1.82) is 0 Å². The quantitative estimate of drug-likeness (QED) is 0.248. The van der Waals surface area contributed by atoms with Crippen LogP contribution in [0.3, 0.4) is 0 Å². The molecule has 0 amide bonds. The molecule has 0 saturated heterocycles. The molecular formula is C3H7N3O3. The van der Waals surface area contributed by atoms with E-state index in [0.29, 0.717) is 0 Å². The number of aliphatic imine (C=N–C) groups is 1. The second-order valence-corrected chi connectivity index (χ2v) is 1.27. The van der Waals surface area contributed by atoms with Gasteiger partial charge in [0.25, 0.3) is 0 Å². The number of aliphatic hydroxyl groups excluding tert-OH is 1. The van der Waals surface area contributed by atoms with Gasteiger partial charge >= 0.3 is 5.97 Å². The monoisotopic (exact) mass is 133 g/mol. The number of aliphatic hydroxyl groups is 1. The fourth-order valence-electron chi connectivity index (χ4n) is 0.196. The summed E-state index contributed by atoms with van der Waals surface area (Å²) >= 11 is 0. The lowest BCUT2D eigenvalue weighted by Gasteiger charge is -1.96. The van der Waals surface area contributed by atoms with Gasteiger partial charge in [0, 0.05) is 0 Å². The standard InChI is InChI=1S/C3H7N3O3/c4-3(5)6-1(7)2(8)9/h1,7H,(H,8,9)(H4,4,5,6). The molecule has 0 bridgehead atoms. The van der Waals surface area contributed by atoms with Gasteiger partial charge < -0.3 is 21.7 Å². The zero-order valence-corrected chi connectivity index (χ0v) is 4.48. The molecule has 0 aliphatic carbocycles. The fraction of sp³-hybridized carbons (Fsp3) is 0.333. The van der Waals surface area contributed by atoms with Crippen LogP contribution in [-0.4, -0.2) is 28.4 Å². The molecule has 6 N–H and O–H groups in total. The smallest absolute Gasteiger partial charge is 0.355 e. The van der Waals surface area contributed by atoms with Gasteiger partial charge in [-0.3, -0.25) is 0 Å². The maximum absolute atomic E-state index is 9.77. The van der Waals surface area contributed by atoms with E-state index in [4.69, 9.17) is 21.7 Å². The Labute approximate surface area is 50.8 Å². The molecule has 0 radical (unpaired) electrons. The number of nitrogens with two attached hydrogens (primary N) is 2. The molecule has 0 heterocycles. The third-order valence-corrected chi connectivity index (χ3v) is 0.492. The van der Waals surface area contributed by atoms with E-state index in [1.54, 1.807) is 0 Å². The van der Waals surface area contributed by atoms with Gasteiger partial charge in [0.1, 0.15) is 0 Å². The first-order chi connectivity index (χ1) is 4.04. The summed E-state index contributed by atoms with van der Waals surface area (Å²) < 4.78 is 0. The van der Waals surface area contributed by atoms with E-state index >= 15 is 0 Å². The van der Waals surface area contributed by atoms with E-state index in [1.165, 1.54) is 0 Å². The van der Waals surface area contributed by atoms with Crippen LogP contribution in [0.1, 0.15) is 0 Å². The van der Waals surface area contributed by atoms with Crippen LogP contribution in [0.15, 0.2) is 4.99 Å². The van der Waals surface area contributed by atoms with Crippen LogP contribution < -0.4 is 11.5 Å². The van der Waals surface area contributed by atoms with Crippen molar-refractivity contribution in [3.05, 3.63) is 0 Å². The van der Waals surface area contributed by atoms with Gasteiger partial charge in [-0.25, -0.2) is 9.79 Å². The predicted octanol–water partition coefficient (Wildman–Crippen LogP) is -2.34. The molecule has 9 heavy (non-hydrogen) atoms. The Morgan fingerprint density at radius 1 is 1.56 bits per heavy atom. The van der Waals surface area contributed by atoms with E-state index in [9.17, 15) is 4.79 Å². The summed E-state index contributed by atoms with van der Waals surface area (Å²) in [4.78, 5) is 12.7. The molecule has 0 aliphatic heterocycles. The second-order valence-electron chi connectivity index (χ2n) is 1.27. The number of hydrogen-bond acceptors (Lipinski definition) is 3. The molecule has 6 heteroatoms. The van der Waals surface area contributed by atoms with Gasteiger partial charge in [-0.1, -0.05) is 0 Å². The average Bonchev–Trinajstić information content (AvgIpc) is 1.63. The van der Waals surface area contributed by atoms with Gasteiger partial charge in [-0.15, -0.1) is 0 Å². The number of nitrogens with zero attached hydrogens (tertiary/aromatic N) is 1. The third kappa shape index (κ3) is 3.30. The summed E-state index contributed by atoms with van der Waals surface area (Å²) in [5.74, 6) is -1.94. The Morgan fingerprint density at radius 3 is 2.11 bits per heavy atom. The molecule has 6 nitrogen and oxygen atoms in total. The summed E-state index contributed by atoms with van der Waals surface area (Å²) in [6.07, 6.45) is -1.85. The van der Waals surface area contributed by atoms with E-state index in [-0.39, 0.29) is 0 Å². The highest BCUT2D eigenvalue weighted by atomic mass is 16.4. The molecule has 0 fully saturated rings. The van der Waals surface area contributed by atoms with Crippen molar-refractivity contribution in [1.82, 2.24) is 0 Å². The number of carbonyl (C=O) groups is 1. The molecule has 52 valence electrons. The predicted molar refractivity (Wildman–Crippen MR) is 29.5 cm³/mol. The third-order valence-electron chi connectivity index (χ3n) is 0.492. The van der Waals surface area contributed by atoms with Crippen LogP contribution in [0, 0.1) is 0 Å². The maximum Gasteiger partial charge on any atom is 0.355 e. The first-order valence-corrected chi connectivity index (χ1v) is 2.03. The molecular weight excluding hydrogens is 126 g/mol. The zero-order valence-electron chi connectivity index (χ0n) is 4.48. The SMILES string of the molecule is NC(N)=NC(O)C(=O)O. The van der Waals surface area contributed by atoms with Crippen molar-refractivity contribution in [3.8, 4) is 0 Å². The van der Waals surface area contributed by atoms with E-state index in [1.807, 2.05) is 0 Å². The number of guanidine groups is 1. The zero-order chi connectivity index (χ0) is 7.44. The highest BCUT2D eigenvalue weighted by Gasteiger charge is 2.09. The molecule has 0 aromatic heterocycles.